The lowest BCUT2D eigenvalue weighted by Crippen LogP contribution is -3.13. The monoisotopic (exact) mass is 354 g/mol. The highest BCUT2D eigenvalue weighted by atomic mass is 16.5. The summed E-state index contributed by atoms with van der Waals surface area (Å²) in [6, 6.07) is 6.55. The summed E-state index contributed by atoms with van der Waals surface area (Å²) in [5.74, 6) is 0.898. The van der Waals surface area contributed by atoms with Gasteiger partial charge >= 0.3 is 0 Å². The number of furan rings is 1. The van der Waals surface area contributed by atoms with Crippen LogP contribution in [-0.2, 0) is 6.54 Å². The number of benzene rings is 1. The van der Waals surface area contributed by atoms with Gasteiger partial charge in [-0.05, 0) is 24.7 Å². The fourth-order valence-electron chi connectivity index (χ4n) is 3.57. The quantitative estimate of drug-likeness (QED) is 0.818. The Morgan fingerprint density at radius 1 is 1.27 bits per heavy atom. The summed E-state index contributed by atoms with van der Waals surface area (Å²) in [6.07, 6.45) is 3.11. The normalized spacial score (nSPS) is 19.7. The number of allylic oxidation sites excluding steroid dienone is 1. The van der Waals surface area contributed by atoms with Crippen LogP contribution in [0.1, 0.15) is 28.6 Å². The van der Waals surface area contributed by atoms with Crippen molar-refractivity contribution in [1.29, 1.82) is 0 Å². The predicted octanol–water partition coefficient (Wildman–Crippen LogP) is 0.690. The molecule has 0 atom stereocenters. The van der Waals surface area contributed by atoms with Crippen LogP contribution in [0.2, 0.25) is 0 Å². The minimum atomic E-state index is -0.205. The van der Waals surface area contributed by atoms with Gasteiger partial charge in [0.05, 0.1) is 24.9 Å². The van der Waals surface area contributed by atoms with Crippen molar-refractivity contribution in [2.45, 2.75) is 13.5 Å². The number of piperazine rings is 1. The molecule has 0 amide bonds. The number of ether oxygens (including phenoxy) is 1. The van der Waals surface area contributed by atoms with Gasteiger partial charge in [0, 0.05) is 24.7 Å². The fraction of sp³-hybridized carbons (Fsp3) is 0.350. The topological polar surface area (TPSA) is 70.2 Å². The van der Waals surface area contributed by atoms with E-state index in [1.165, 1.54) is 11.0 Å². The summed E-state index contributed by atoms with van der Waals surface area (Å²) in [5, 5.41) is 12.5. The van der Waals surface area contributed by atoms with E-state index in [0.717, 1.165) is 32.7 Å². The van der Waals surface area contributed by atoms with Crippen molar-refractivity contribution in [3.63, 3.8) is 0 Å². The highest BCUT2D eigenvalue weighted by Gasteiger charge is 2.31. The highest BCUT2D eigenvalue weighted by Crippen LogP contribution is 2.38. The maximum atomic E-state index is 12.6. The SMILES string of the molecule is CCN1CC[NH+](Cc2c([O-])ccc3c2O/C(=C\c2ccco2)C3=O)CC1. The third-order valence-electron chi connectivity index (χ3n) is 5.15. The molecule has 1 aromatic carbocycles. The maximum absolute atomic E-state index is 12.6. The highest BCUT2D eigenvalue weighted by molar-refractivity contribution is 6.14. The Balaban J connectivity index is 1.58. The molecule has 2 aliphatic heterocycles. The number of carbonyl (C=O) groups is 1. The average molecular weight is 354 g/mol. The minimum Gasteiger partial charge on any atom is -0.872 e. The molecule has 1 aromatic heterocycles. The van der Waals surface area contributed by atoms with Crippen LogP contribution in [0, 0.1) is 0 Å². The van der Waals surface area contributed by atoms with Crippen molar-refractivity contribution in [2.75, 3.05) is 32.7 Å². The second-order valence-electron chi connectivity index (χ2n) is 6.74. The van der Waals surface area contributed by atoms with Gasteiger partial charge in [-0.3, -0.25) is 9.69 Å². The zero-order valence-corrected chi connectivity index (χ0v) is 14.8. The predicted molar refractivity (Wildman–Crippen MR) is 94.0 cm³/mol. The summed E-state index contributed by atoms with van der Waals surface area (Å²) in [5.41, 5.74) is 1.06. The summed E-state index contributed by atoms with van der Waals surface area (Å²) < 4.78 is 11.1. The number of Topliss-reactive ketones (excluding diaryl/α,β-unsaturated/α-hetero) is 1. The standard InChI is InChI=1S/C20H22N2O4/c1-2-21-7-9-22(10-8-21)13-16-17(23)6-5-15-19(24)18(26-20(15)16)12-14-4-3-11-25-14/h3-6,11-12,23H,2,7-10,13H2,1H3/b18-12-. The number of hydrogen-bond acceptors (Lipinski definition) is 5. The first-order valence-corrected chi connectivity index (χ1v) is 9.02. The summed E-state index contributed by atoms with van der Waals surface area (Å²) in [7, 11) is 0. The van der Waals surface area contributed by atoms with Crippen molar-refractivity contribution >= 4 is 11.9 Å². The number of fused-ring (bicyclic) bond motifs is 1. The first-order valence-electron chi connectivity index (χ1n) is 9.02. The molecule has 3 heterocycles. The van der Waals surface area contributed by atoms with Gasteiger partial charge in [-0.15, -0.1) is 0 Å². The van der Waals surface area contributed by atoms with Gasteiger partial charge in [-0.25, -0.2) is 0 Å². The van der Waals surface area contributed by atoms with Gasteiger partial charge in [-0.1, -0.05) is 18.7 Å². The van der Waals surface area contributed by atoms with E-state index < -0.39 is 0 Å². The smallest absolute Gasteiger partial charge is 0.232 e. The molecule has 0 spiro atoms. The third kappa shape index (κ3) is 3.13. The van der Waals surface area contributed by atoms with Crippen molar-refractivity contribution < 1.29 is 24.0 Å². The molecule has 2 aromatic rings. The Morgan fingerprint density at radius 2 is 2.08 bits per heavy atom. The summed E-state index contributed by atoms with van der Waals surface area (Å²) >= 11 is 0. The van der Waals surface area contributed by atoms with Crippen LogP contribution >= 0.6 is 0 Å². The number of quaternary nitrogens is 1. The molecule has 0 radical (unpaired) electrons. The average Bonchev–Trinajstić information content (AvgIpc) is 3.27. The Hall–Kier alpha value is -2.57. The molecule has 1 N–H and O–H groups in total. The molecule has 6 nitrogen and oxygen atoms in total. The lowest BCUT2D eigenvalue weighted by Gasteiger charge is -2.32. The van der Waals surface area contributed by atoms with Gasteiger partial charge in [0.25, 0.3) is 0 Å². The molecule has 2 aliphatic rings. The van der Waals surface area contributed by atoms with Crippen LogP contribution in [0.4, 0.5) is 0 Å². The number of hydrogen-bond donors (Lipinski definition) is 1. The molecular weight excluding hydrogens is 332 g/mol. The van der Waals surface area contributed by atoms with E-state index in [2.05, 4.69) is 11.8 Å². The van der Waals surface area contributed by atoms with E-state index in [1.807, 2.05) is 0 Å². The maximum Gasteiger partial charge on any atom is 0.232 e. The molecule has 1 saturated heterocycles. The Kier molecular flexibility index (Phi) is 4.53. The molecule has 0 aliphatic carbocycles. The molecule has 0 unspecified atom stereocenters. The number of nitrogens with one attached hydrogen (secondary N) is 1. The van der Waals surface area contributed by atoms with Gasteiger partial charge in [0.1, 0.15) is 18.1 Å². The van der Waals surface area contributed by atoms with Crippen molar-refractivity contribution in [1.82, 2.24) is 4.90 Å². The van der Waals surface area contributed by atoms with Crippen LogP contribution in [0.15, 0.2) is 40.7 Å². The second kappa shape index (κ2) is 6.97. The number of ketones is 1. The zero-order chi connectivity index (χ0) is 18.1. The van der Waals surface area contributed by atoms with Crippen molar-refractivity contribution in [2.24, 2.45) is 0 Å². The molecule has 136 valence electrons. The van der Waals surface area contributed by atoms with E-state index in [0.29, 0.717) is 29.2 Å². The Bertz CT molecular complexity index is 834. The van der Waals surface area contributed by atoms with E-state index >= 15 is 0 Å². The number of rotatable bonds is 4. The molecule has 26 heavy (non-hydrogen) atoms. The number of nitrogens with zero attached hydrogens (tertiary/aromatic N) is 1. The molecular formula is C20H22N2O4. The van der Waals surface area contributed by atoms with Crippen LogP contribution in [0.25, 0.3) is 6.08 Å². The molecule has 4 rings (SSSR count). The van der Waals surface area contributed by atoms with Crippen LogP contribution in [0.3, 0.4) is 0 Å². The first kappa shape index (κ1) is 16.9. The molecule has 0 bridgehead atoms. The van der Waals surface area contributed by atoms with Crippen molar-refractivity contribution in [3.05, 3.63) is 53.2 Å². The number of likely N-dealkylation sites (N-methyl/N-ethyl adjacent to an activating group) is 1. The fourth-order valence-corrected chi connectivity index (χ4v) is 3.57. The first-order chi connectivity index (χ1) is 12.7. The zero-order valence-electron chi connectivity index (χ0n) is 14.8. The van der Waals surface area contributed by atoms with Crippen LogP contribution < -0.4 is 14.7 Å². The van der Waals surface area contributed by atoms with Crippen LogP contribution in [-0.4, -0.2) is 43.4 Å². The second-order valence-corrected chi connectivity index (χ2v) is 6.74. The molecule has 6 heteroatoms. The summed E-state index contributed by atoms with van der Waals surface area (Å²) in [4.78, 5) is 16.4. The van der Waals surface area contributed by atoms with Gasteiger partial charge in [0.2, 0.25) is 5.78 Å². The van der Waals surface area contributed by atoms with E-state index in [9.17, 15) is 9.90 Å². The minimum absolute atomic E-state index is 0.0683. The molecule has 0 saturated carbocycles. The lowest BCUT2D eigenvalue weighted by molar-refractivity contribution is -0.918. The lowest BCUT2D eigenvalue weighted by atomic mass is 10.0. The number of carbonyl (C=O) groups excluding carboxylic acids is 1. The Labute approximate surface area is 152 Å². The Morgan fingerprint density at radius 3 is 2.77 bits per heavy atom. The largest absolute Gasteiger partial charge is 0.872 e. The molecule has 1 fully saturated rings. The van der Waals surface area contributed by atoms with Gasteiger partial charge in [0.15, 0.2) is 5.76 Å². The summed E-state index contributed by atoms with van der Waals surface area (Å²) in [6.45, 7) is 7.83. The van der Waals surface area contributed by atoms with Gasteiger partial charge < -0.3 is 19.2 Å². The van der Waals surface area contributed by atoms with E-state index in [4.69, 9.17) is 9.15 Å². The third-order valence-corrected chi connectivity index (χ3v) is 5.15. The van der Waals surface area contributed by atoms with Gasteiger partial charge in [-0.2, -0.15) is 0 Å². The van der Waals surface area contributed by atoms with Crippen LogP contribution in [0.5, 0.6) is 11.5 Å². The van der Waals surface area contributed by atoms with E-state index in [-0.39, 0.29) is 17.3 Å². The van der Waals surface area contributed by atoms with E-state index in [1.54, 1.807) is 30.5 Å². The van der Waals surface area contributed by atoms with Crippen molar-refractivity contribution in [3.8, 4) is 11.5 Å².